The molecule has 2 spiro atoms. The molecule has 14 atom stereocenters. The molecule has 10 fully saturated rings. The van der Waals surface area contributed by atoms with E-state index in [1.54, 1.807) is 4.90 Å². The van der Waals surface area contributed by atoms with Crippen molar-refractivity contribution in [3.05, 3.63) is 0 Å². The molecule has 0 aromatic rings. The van der Waals surface area contributed by atoms with Crippen LogP contribution < -0.4 is 0 Å². The third kappa shape index (κ3) is 5.45. The first-order valence-corrected chi connectivity index (χ1v) is 22.8. The molecule has 0 aromatic carbocycles. The van der Waals surface area contributed by atoms with Crippen LogP contribution >= 0.6 is 0 Å². The number of nitrogens with zero attached hydrogens (tertiary/aromatic N) is 3. The summed E-state index contributed by atoms with van der Waals surface area (Å²) in [5.74, 6) is 2.73. The standard InChI is InChI=1S/C45H73N3O7/c1-27(2)37(55-40(50)47-15-8-16-47)31-19-28(3)36-38(53-31)39(49)43(7)33-10-9-32-41(4,5)34(11-12-44(32)26-45(33,44)14-13-42(36,43)6)54-35-23-46(17-18-52-35)20-29-21-48(22-29)30-24-51-25-30/h27-39,49H,8-26H2,1-7H3/t28-,31?,32+,33?,34+,35+,36+,37-,38?,39+,42-,43-,44-,45?/m1/s1. The van der Waals surface area contributed by atoms with E-state index in [-0.39, 0.29) is 59.0 Å². The summed E-state index contributed by atoms with van der Waals surface area (Å²) in [7, 11) is 0. The number of carbonyl (C=O) groups is 1. The first-order valence-electron chi connectivity index (χ1n) is 22.8. The molecule has 4 unspecified atom stereocenters. The second-order valence-corrected chi connectivity index (χ2v) is 22.2. The van der Waals surface area contributed by atoms with E-state index in [1.165, 1.54) is 51.6 Å². The number of likely N-dealkylation sites (tertiary alicyclic amines) is 2. The van der Waals surface area contributed by atoms with Gasteiger partial charge < -0.3 is 33.7 Å². The molecular weight excluding hydrogens is 695 g/mol. The van der Waals surface area contributed by atoms with Gasteiger partial charge in [0.1, 0.15) is 6.10 Å². The van der Waals surface area contributed by atoms with Gasteiger partial charge in [0.2, 0.25) is 0 Å². The van der Waals surface area contributed by atoms with Gasteiger partial charge in [-0.2, -0.15) is 0 Å². The fourth-order valence-corrected chi connectivity index (χ4v) is 16.0. The zero-order chi connectivity index (χ0) is 38.3. The van der Waals surface area contributed by atoms with Gasteiger partial charge in [-0.3, -0.25) is 9.80 Å². The lowest BCUT2D eigenvalue weighted by molar-refractivity contribution is -0.250. The van der Waals surface area contributed by atoms with Crippen molar-refractivity contribution in [2.75, 3.05) is 65.6 Å². The van der Waals surface area contributed by atoms with Gasteiger partial charge in [0.25, 0.3) is 0 Å². The van der Waals surface area contributed by atoms with Crippen molar-refractivity contribution in [3.8, 4) is 0 Å². The summed E-state index contributed by atoms with van der Waals surface area (Å²) in [6, 6.07) is 0.658. The quantitative estimate of drug-likeness (QED) is 0.318. The van der Waals surface area contributed by atoms with Crippen LogP contribution in [0.15, 0.2) is 0 Å². The third-order valence-electron chi connectivity index (χ3n) is 19.2. The van der Waals surface area contributed by atoms with E-state index in [2.05, 4.69) is 58.3 Å². The molecule has 0 radical (unpaired) electrons. The molecule has 5 heterocycles. The summed E-state index contributed by atoms with van der Waals surface area (Å²) in [5.41, 5.74) is 0.531. The number of amides is 1. The first-order chi connectivity index (χ1) is 26.2. The number of carbonyl (C=O) groups excluding carboxylic acids is 1. The van der Waals surface area contributed by atoms with Crippen molar-refractivity contribution >= 4 is 6.09 Å². The predicted octanol–water partition coefficient (Wildman–Crippen LogP) is 6.04. The molecule has 10 nitrogen and oxygen atoms in total. The molecule has 10 heteroatoms. The van der Waals surface area contributed by atoms with Gasteiger partial charge in [-0.25, -0.2) is 4.79 Å². The Labute approximate surface area is 331 Å². The molecule has 5 aliphatic heterocycles. The Hall–Kier alpha value is -1.01. The molecular formula is C45H73N3O7. The Morgan fingerprint density at radius 2 is 1.69 bits per heavy atom. The number of morpholine rings is 1. The number of ether oxygens (including phenoxy) is 5. The minimum Gasteiger partial charge on any atom is -0.443 e. The number of aliphatic hydroxyl groups is 1. The second-order valence-electron chi connectivity index (χ2n) is 22.2. The molecule has 10 aliphatic rings. The van der Waals surface area contributed by atoms with Crippen molar-refractivity contribution in [2.24, 2.45) is 62.6 Å². The topological polar surface area (TPSA) is 93.2 Å². The van der Waals surface area contributed by atoms with Crippen LogP contribution in [-0.2, 0) is 23.7 Å². The third-order valence-corrected chi connectivity index (χ3v) is 19.2. The van der Waals surface area contributed by atoms with Gasteiger partial charge in [0, 0.05) is 51.2 Å². The van der Waals surface area contributed by atoms with E-state index in [1.807, 2.05) is 0 Å². The Morgan fingerprint density at radius 3 is 2.38 bits per heavy atom. The van der Waals surface area contributed by atoms with E-state index in [0.717, 1.165) is 77.7 Å². The molecule has 5 saturated carbocycles. The van der Waals surface area contributed by atoms with Gasteiger partial charge in [-0.15, -0.1) is 0 Å². The number of fused-ring (bicyclic) bond motifs is 4. The molecule has 310 valence electrons. The summed E-state index contributed by atoms with van der Waals surface area (Å²) in [5, 5.41) is 12.8. The van der Waals surface area contributed by atoms with Crippen LogP contribution in [0.25, 0.3) is 0 Å². The van der Waals surface area contributed by atoms with E-state index >= 15 is 0 Å². The Kier molecular flexibility index (Phi) is 9.20. The van der Waals surface area contributed by atoms with Crippen LogP contribution in [-0.4, -0.2) is 134 Å². The summed E-state index contributed by atoms with van der Waals surface area (Å²) < 4.78 is 32.1. The smallest absolute Gasteiger partial charge is 0.410 e. The molecule has 55 heavy (non-hydrogen) atoms. The van der Waals surface area contributed by atoms with Gasteiger partial charge in [0.05, 0.1) is 50.3 Å². The van der Waals surface area contributed by atoms with Gasteiger partial charge >= 0.3 is 6.09 Å². The van der Waals surface area contributed by atoms with Gasteiger partial charge in [0.15, 0.2) is 6.29 Å². The predicted molar refractivity (Wildman–Crippen MR) is 208 cm³/mol. The molecule has 5 saturated heterocycles. The van der Waals surface area contributed by atoms with Crippen LogP contribution in [0.5, 0.6) is 0 Å². The number of rotatable bonds is 8. The summed E-state index contributed by atoms with van der Waals surface area (Å²) >= 11 is 0. The van der Waals surface area contributed by atoms with Crippen LogP contribution in [0.1, 0.15) is 106 Å². The fraction of sp³-hybridized carbons (Fsp3) is 0.978. The van der Waals surface area contributed by atoms with Crippen molar-refractivity contribution in [1.82, 2.24) is 14.7 Å². The van der Waals surface area contributed by atoms with Crippen molar-refractivity contribution < 1.29 is 33.6 Å². The fourth-order valence-electron chi connectivity index (χ4n) is 16.0. The van der Waals surface area contributed by atoms with Crippen molar-refractivity contribution in [1.29, 1.82) is 0 Å². The lowest BCUT2D eigenvalue weighted by Gasteiger charge is -2.64. The Bertz CT molecular complexity index is 1480. The van der Waals surface area contributed by atoms with Crippen LogP contribution in [0, 0.1) is 62.6 Å². The van der Waals surface area contributed by atoms with Crippen molar-refractivity contribution in [3.63, 3.8) is 0 Å². The minimum absolute atomic E-state index is 0.0129. The zero-order valence-corrected chi connectivity index (χ0v) is 35.2. The van der Waals surface area contributed by atoms with Crippen LogP contribution in [0.4, 0.5) is 4.79 Å². The van der Waals surface area contributed by atoms with Crippen LogP contribution in [0.2, 0.25) is 0 Å². The highest BCUT2D eigenvalue weighted by Crippen LogP contribution is 2.89. The zero-order valence-electron chi connectivity index (χ0n) is 35.2. The highest BCUT2D eigenvalue weighted by Gasteiger charge is 2.84. The maximum atomic E-state index is 13.0. The monoisotopic (exact) mass is 768 g/mol. The molecule has 10 rings (SSSR count). The maximum absolute atomic E-state index is 13.0. The SMILES string of the molecule is CC(C)[C@@H](OC(=O)N1CCC1)C1C[C@@H](C)[C@H]2C(O1)[C@H](O)[C@@]1(C)C3CC[C@H]4C(C)(C)[C@@H](O[C@H]5CN(CC6CN(C7COC7)C6)CCO5)CC[C@@]45CC35CC[C@]21C. The van der Waals surface area contributed by atoms with Crippen LogP contribution in [0.3, 0.4) is 0 Å². The van der Waals surface area contributed by atoms with E-state index in [0.29, 0.717) is 40.5 Å². The van der Waals surface area contributed by atoms with E-state index in [4.69, 9.17) is 23.7 Å². The van der Waals surface area contributed by atoms with Crippen molar-refractivity contribution in [2.45, 2.75) is 149 Å². The molecule has 1 N–H and O–H groups in total. The Morgan fingerprint density at radius 1 is 0.945 bits per heavy atom. The highest BCUT2D eigenvalue weighted by molar-refractivity contribution is 5.68. The van der Waals surface area contributed by atoms with E-state index in [9.17, 15) is 9.90 Å². The average Bonchev–Trinajstić information content (AvgIpc) is 3.70. The minimum atomic E-state index is -0.516. The lowest BCUT2D eigenvalue weighted by Crippen LogP contribution is -2.62. The summed E-state index contributed by atoms with van der Waals surface area (Å²) in [6.45, 7) is 26.4. The normalized spacial score (nSPS) is 50.0. The number of hydrogen-bond donors (Lipinski definition) is 1. The number of hydrogen-bond acceptors (Lipinski definition) is 9. The average molecular weight is 768 g/mol. The van der Waals surface area contributed by atoms with Gasteiger partial charge in [-0.1, -0.05) is 48.5 Å². The maximum Gasteiger partial charge on any atom is 0.410 e. The molecule has 5 aliphatic carbocycles. The van der Waals surface area contributed by atoms with E-state index < -0.39 is 6.10 Å². The molecule has 1 amide bonds. The summed E-state index contributed by atoms with van der Waals surface area (Å²) in [6.07, 6.45) is 9.09. The number of aliphatic hydroxyl groups excluding tert-OH is 1. The Balaban J connectivity index is 0.821. The first kappa shape index (κ1) is 38.2. The lowest BCUT2D eigenvalue weighted by atomic mass is 9.41. The molecule has 0 bridgehead atoms. The molecule has 0 aromatic heterocycles. The van der Waals surface area contributed by atoms with Gasteiger partial charge in [-0.05, 0) is 115 Å². The highest BCUT2D eigenvalue weighted by atomic mass is 16.7. The second kappa shape index (κ2) is 13.2. The summed E-state index contributed by atoms with van der Waals surface area (Å²) in [4.78, 5) is 20.0. The largest absolute Gasteiger partial charge is 0.443 e.